The second kappa shape index (κ2) is 7.79. The third-order valence-electron chi connectivity index (χ3n) is 3.41. The third-order valence-corrected chi connectivity index (χ3v) is 4.15. The van der Waals surface area contributed by atoms with Gasteiger partial charge in [-0.1, -0.05) is 41.4 Å². The van der Waals surface area contributed by atoms with Crippen LogP contribution in [0.3, 0.4) is 0 Å². The molecule has 0 aliphatic heterocycles. The molecule has 0 aliphatic carbocycles. The Morgan fingerprint density at radius 3 is 2.33 bits per heavy atom. The van der Waals surface area contributed by atoms with Crippen molar-refractivity contribution in [2.24, 2.45) is 5.92 Å². The van der Waals surface area contributed by atoms with Crippen molar-refractivity contribution in [2.45, 2.75) is 12.8 Å². The molecule has 112 valence electrons. The van der Waals surface area contributed by atoms with Crippen molar-refractivity contribution in [3.8, 4) is 0 Å². The molecular formula is C17H18Cl2FN. The normalized spacial score (nSPS) is 12.4. The van der Waals surface area contributed by atoms with Gasteiger partial charge < -0.3 is 5.32 Å². The van der Waals surface area contributed by atoms with Gasteiger partial charge >= 0.3 is 0 Å². The lowest BCUT2D eigenvalue weighted by Crippen LogP contribution is -2.22. The monoisotopic (exact) mass is 325 g/mol. The molecule has 0 amide bonds. The van der Waals surface area contributed by atoms with Crippen molar-refractivity contribution in [2.75, 3.05) is 13.6 Å². The first-order valence-corrected chi connectivity index (χ1v) is 7.67. The number of rotatable bonds is 6. The molecule has 0 fully saturated rings. The van der Waals surface area contributed by atoms with E-state index in [0.717, 1.165) is 30.5 Å². The maximum atomic E-state index is 13.3. The summed E-state index contributed by atoms with van der Waals surface area (Å²) in [5.74, 6) is 0.180. The molecule has 0 heterocycles. The molecular weight excluding hydrogens is 308 g/mol. The average molecular weight is 326 g/mol. The Bertz CT molecular complexity index is 601. The second-order valence-corrected chi connectivity index (χ2v) is 6.02. The van der Waals surface area contributed by atoms with E-state index in [2.05, 4.69) is 5.32 Å². The molecule has 0 radical (unpaired) electrons. The van der Waals surface area contributed by atoms with Gasteiger partial charge in [0.05, 0.1) is 10.0 Å². The summed E-state index contributed by atoms with van der Waals surface area (Å²) in [7, 11) is 1.92. The third kappa shape index (κ3) is 4.99. The summed E-state index contributed by atoms with van der Waals surface area (Å²) in [6.07, 6.45) is 1.69. The lowest BCUT2D eigenvalue weighted by Gasteiger charge is -2.17. The van der Waals surface area contributed by atoms with Crippen molar-refractivity contribution in [3.63, 3.8) is 0 Å². The van der Waals surface area contributed by atoms with Crippen LogP contribution in [0.15, 0.2) is 42.5 Å². The van der Waals surface area contributed by atoms with Crippen LogP contribution in [-0.2, 0) is 12.8 Å². The van der Waals surface area contributed by atoms with E-state index in [-0.39, 0.29) is 5.82 Å². The molecule has 21 heavy (non-hydrogen) atoms. The fourth-order valence-corrected chi connectivity index (χ4v) is 2.82. The number of halogens is 3. The fourth-order valence-electron chi connectivity index (χ4n) is 2.50. The minimum Gasteiger partial charge on any atom is -0.319 e. The van der Waals surface area contributed by atoms with Crippen LogP contribution in [0.2, 0.25) is 10.0 Å². The first kappa shape index (κ1) is 16.3. The van der Waals surface area contributed by atoms with Crippen molar-refractivity contribution in [1.29, 1.82) is 0 Å². The lowest BCUT2D eigenvalue weighted by atomic mass is 9.92. The first-order valence-electron chi connectivity index (χ1n) is 6.91. The predicted molar refractivity (Wildman–Crippen MR) is 87.7 cm³/mol. The molecule has 0 aliphatic rings. The van der Waals surface area contributed by atoms with E-state index < -0.39 is 0 Å². The van der Waals surface area contributed by atoms with Crippen molar-refractivity contribution >= 4 is 23.2 Å². The molecule has 0 saturated carbocycles. The number of hydrogen-bond acceptors (Lipinski definition) is 1. The highest BCUT2D eigenvalue weighted by atomic mass is 35.5. The van der Waals surface area contributed by atoms with Gasteiger partial charge in [-0.2, -0.15) is 0 Å². The van der Waals surface area contributed by atoms with Gasteiger partial charge in [-0.05, 0) is 67.7 Å². The fraction of sp³-hybridized carbons (Fsp3) is 0.294. The highest BCUT2D eigenvalue weighted by Crippen LogP contribution is 2.24. The smallest absolute Gasteiger partial charge is 0.123 e. The lowest BCUT2D eigenvalue weighted by molar-refractivity contribution is 0.491. The van der Waals surface area contributed by atoms with E-state index in [1.807, 2.05) is 31.3 Å². The van der Waals surface area contributed by atoms with E-state index in [1.54, 1.807) is 12.1 Å². The highest BCUT2D eigenvalue weighted by molar-refractivity contribution is 6.42. The van der Waals surface area contributed by atoms with Crippen LogP contribution < -0.4 is 5.32 Å². The molecule has 1 atom stereocenters. The summed E-state index contributed by atoms with van der Waals surface area (Å²) in [6.45, 7) is 0.858. The Labute approximate surface area is 135 Å². The largest absolute Gasteiger partial charge is 0.319 e. The van der Waals surface area contributed by atoms with Crippen molar-refractivity contribution < 1.29 is 4.39 Å². The molecule has 0 aromatic heterocycles. The van der Waals surface area contributed by atoms with Crippen LogP contribution in [-0.4, -0.2) is 13.6 Å². The zero-order chi connectivity index (χ0) is 15.2. The van der Waals surface area contributed by atoms with Crippen molar-refractivity contribution in [1.82, 2.24) is 5.32 Å². The van der Waals surface area contributed by atoms with Crippen LogP contribution in [0, 0.1) is 11.7 Å². The van der Waals surface area contributed by atoms with E-state index >= 15 is 0 Å². The highest BCUT2D eigenvalue weighted by Gasteiger charge is 2.11. The Morgan fingerprint density at radius 1 is 1.00 bits per heavy atom. The van der Waals surface area contributed by atoms with Gasteiger partial charge in [0.15, 0.2) is 0 Å². The van der Waals surface area contributed by atoms with E-state index in [4.69, 9.17) is 23.2 Å². The molecule has 2 rings (SSSR count). The zero-order valence-electron chi connectivity index (χ0n) is 11.9. The summed E-state index contributed by atoms with van der Waals surface area (Å²) >= 11 is 12.0. The van der Waals surface area contributed by atoms with Gasteiger partial charge in [0.25, 0.3) is 0 Å². The summed E-state index contributed by atoms with van der Waals surface area (Å²) in [6, 6.07) is 12.5. The Morgan fingerprint density at radius 2 is 1.71 bits per heavy atom. The Kier molecular flexibility index (Phi) is 6.04. The van der Waals surface area contributed by atoms with Crippen LogP contribution in [0.5, 0.6) is 0 Å². The molecule has 0 spiro atoms. The van der Waals surface area contributed by atoms with Crippen LogP contribution >= 0.6 is 23.2 Å². The summed E-state index contributed by atoms with van der Waals surface area (Å²) in [4.78, 5) is 0. The van der Waals surface area contributed by atoms with Crippen molar-refractivity contribution in [3.05, 3.63) is 69.5 Å². The first-order chi connectivity index (χ1) is 10.1. The molecule has 1 nitrogen and oxygen atoms in total. The number of benzene rings is 2. The molecule has 4 heteroatoms. The molecule has 1 N–H and O–H groups in total. The molecule has 0 bridgehead atoms. The second-order valence-electron chi connectivity index (χ2n) is 5.21. The average Bonchev–Trinajstić information content (AvgIpc) is 2.43. The van der Waals surface area contributed by atoms with Gasteiger partial charge in [0.2, 0.25) is 0 Å². The Balaban J connectivity index is 2.09. The maximum Gasteiger partial charge on any atom is 0.123 e. The molecule has 1 unspecified atom stereocenters. The SMILES string of the molecule is CNCC(Cc1cccc(F)c1)Cc1ccc(Cl)c(Cl)c1. The topological polar surface area (TPSA) is 12.0 Å². The predicted octanol–water partition coefficient (Wildman–Crippen LogP) is 4.75. The van der Waals surface area contributed by atoms with E-state index in [1.165, 1.54) is 6.07 Å². The number of nitrogens with one attached hydrogen (secondary N) is 1. The quantitative estimate of drug-likeness (QED) is 0.807. The minimum absolute atomic E-state index is 0.190. The van der Waals surface area contributed by atoms with Crippen LogP contribution in [0.25, 0.3) is 0 Å². The van der Waals surface area contributed by atoms with Gasteiger partial charge in [0, 0.05) is 0 Å². The molecule has 2 aromatic rings. The van der Waals surface area contributed by atoms with Gasteiger partial charge in [-0.25, -0.2) is 4.39 Å². The molecule has 2 aromatic carbocycles. The minimum atomic E-state index is -0.190. The standard InChI is InChI=1S/C17H18Cl2FN/c1-21-11-14(7-12-3-2-4-15(20)9-12)8-13-5-6-16(18)17(19)10-13/h2-6,9-10,14,21H,7-8,11H2,1H3. The van der Waals surface area contributed by atoms with Crippen LogP contribution in [0.1, 0.15) is 11.1 Å². The number of hydrogen-bond donors (Lipinski definition) is 1. The summed E-state index contributed by atoms with van der Waals surface area (Å²) in [5, 5.41) is 4.33. The Hall–Kier alpha value is -1.09. The van der Waals surface area contributed by atoms with E-state index in [9.17, 15) is 4.39 Å². The van der Waals surface area contributed by atoms with Gasteiger partial charge in [0.1, 0.15) is 5.82 Å². The zero-order valence-corrected chi connectivity index (χ0v) is 13.4. The molecule has 0 saturated heterocycles. The van der Waals surface area contributed by atoms with E-state index in [0.29, 0.717) is 16.0 Å². The van der Waals surface area contributed by atoms with Crippen LogP contribution in [0.4, 0.5) is 4.39 Å². The maximum absolute atomic E-state index is 13.3. The summed E-state index contributed by atoms with van der Waals surface area (Å²) < 4.78 is 13.3. The van der Waals surface area contributed by atoms with Gasteiger partial charge in [-0.15, -0.1) is 0 Å². The van der Waals surface area contributed by atoms with Gasteiger partial charge in [-0.3, -0.25) is 0 Å². The summed E-state index contributed by atoms with van der Waals surface area (Å²) in [5.41, 5.74) is 2.15.